The van der Waals surface area contributed by atoms with E-state index in [9.17, 15) is 0 Å². The van der Waals surface area contributed by atoms with Gasteiger partial charge in [-0.1, -0.05) is 31.9 Å². The molecular weight excluding hydrogens is 196 g/mol. The highest BCUT2D eigenvalue weighted by Gasteiger charge is 2.29. The number of aryl methyl sites for hydroxylation is 1. The molecule has 0 N–H and O–H groups in total. The van der Waals surface area contributed by atoms with Gasteiger partial charge >= 0.3 is 0 Å². The first-order valence-electron chi connectivity index (χ1n) is 6.53. The summed E-state index contributed by atoms with van der Waals surface area (Å²) in [5.41, 5.74) is 4.31. The van der Waals surface area contributed by atoms with Gasteiger partial charge in [0, 0.05) is 5.56 Å². The fourth-order valence-electron chi connectivity index (χ4n) is 2.64. The minimum absolute atomic E-state index is 0.761. The Morgan fingerprint density at radius 2 is 2.12 bits per heavy atom. The molecule has 1 atom stereocenters. The smallest absolute Gasteiger partial charge is 0.125 e. The Labute approximate surface area is 98.8 Å². The van der Waals surface area contributed by atoms with Crippen LogP contribution in [0.2, 0.25) is 0 Å². The molecule has 1 aromatic carbocycles. The summed E-state index contributed by atoms with van der Waals surface area (Å²) < 4.78 is 5.81. The number of ether oxygens (including phenoxy) is 1. The van der Waals surface area contributed by atoms with E-state index in [-0.39, 0.29) is 0 Å². The summed E-state index contributed by atoms with van der Waals surface area (Å²) in [7, 11) is 0. The number of unbranched alkanes of at least 4 members (excludes halogenated alkanes) is 1. The molecule has 1 heteroatoms. The van der Waals surface area contributed by atoms with Crippen LogP contribution in [0, 0.1) is 6.92 Å². The predicted octanol–water partition coefficient (Wildman–Crippen LogP) is 4.22. The molecule has 0 saturated carbocycles. The monoisotopic (exact) mass is 218 g/mol. The summed E-state index contributed by atoms with van der Waals surface area (Å²) in [5.74, 6) is 1.93. The molecule has 1 aliphatic carbocycles. The number of rotatable bonds is 5. The van der Waals surface area contributed by atoms with Crippen molar-refractivity contribution in [3.8, 4) is 5.75 Å². The summed E-state index contributed by atoms with van der Waals surface area (Å²) >= 11 is 0. The lowest BCUT2D eigenvalue weighted by Gasteiger charge is -2.33. The normalized spacial score (nSPS) is 17.8. The standard InChI is InChI=1S/C15H22O/c1-4-6-7-12-10-13-9-8-11(3)15(14(12)13)16-5-2/h8-9,12H,4-7,10H2,1-3H3. The average Bonchev–Trinajstić information content (AvgIpc) is 2.24. The van der Waals surface area contributed by atoms with Gasteiger partial charge in [-0.05, 0) is 43.7 Å². The number of fused-ring (bicyclic) bond motifs is 1. The van der Waals surface area contributed by atoms with Crippen LogP contribution < -0.4 is 4.74 Å². The Bertz CT molecular complexity index is 368. The minimum Gasteiger partial charge on any atom is -0.493 e. The van der Waals surface area contributed by atoms with E-state index in [4.69, 9.17) is 4.74 Å². The molecule has 0 heterocycles. The Balaban J connectivity index is 2.21. The van der Waals surface area contributed by atoms with Crippen molar-refractivity contribution in [1.82, 2.24) is 0 Å². The summed E-state index contributed by atoms with van der Waals surface area (Å²) in [6, 6.07) is 4.47. The molecule has 1 nitrogen and oxygen atoms in total. The Hall–Kier alpha value is -0.980. The predicted molar refractivity (Wildman–Crippen MR) is 68.3 cm³/mol. The van der Waals surface area contributed by atoms with Crippen molar-refractivity contribution in [1.29, 1.82) is 0 Å². The van der Waals surface area contributed by atoms with E-state index in [0.29, 0.717) is 0 Å². The van der Waals surface area contributed by atoms with Crippen molar-refractivity contribution >= 4 is 0 Å². The lowest BCUT2D eigenvalue weighted by Crippen LogP contribution is -2.19. The minimum atomic E-state index is 0.761. The van der Waals surface area contributed by atoms with Gasteiger partial charge in [0.25, 0.3) is 0 Å². The first-order valence-corrected chi connectivity index (χ1v) is 6.53. The molecule has 0 bridgehead atoms. The van der Waals surface area contributed by atoms with Gasteiger partial charge in [0.1, 0.15) is 5.75 Å². The third kappa shape index (κ3) is 1.95. The van der Waals surface area contributed by atoms with Crippen LogP contribution in [0.1, 0.15) is 55.7 Å². The quantitative estimate of drug-likeness (QED) is 0.719. The van der Waals surface area contributed by atoms with Crippen LogP contribution in [-0.4, -0.2) is 6.61 Å². The molecule has 16 heavy (non-hydrogen) atoms. The molecule has 0 saturated heterocycles. The summed E-state index contributed by atoms with van der Waals surface area (Å²) in [5, 5.41) is 0. The van der Waals surface area contributed by atoms with E-state index in [1.807, 2.05) is 0 Å². The Kier molecular flexibility index (Phi) is 3.52. The number of hydrogen-bond acceptors (Lipinski definition) is 1. The van der Waals surface area contributed by atoms with E-state index in [1.54, 1.807) is 0 Å². The summed E-state index contributed by atoms with van der Waals surface area (Å²) in [6.45, 7) is 7.26. The average molecular weight is 218 g/mol. The maximum absolute atomic E-state index is 5.81. The first kappa shape index (κ1) is 11.5. The second-order valence-electron chi connectivity index (χ2n) is 4.76. The largest absolute Gasteiger partial charge is 0.493 e. The van der Waals surface area contributed by atoms with Crippen molar-refractivity contribution in [2.45, 2.75) is 52.4 Å². The van der Waals surface area contributed by atoms with Crippen molar-refractivity contribution in [2.75, 3.05) is 6.61 Å². The highest BCUT2D eigenvalue weighted by atomic mass is 16.5. The third-order valence-electron chi connectivity index (χ3n) is 3.55. The zero-order valence-corrected chi connectivity index (χ0v) is 10.7. The van der Waals surface area contributed by atoms with Crippen LogP contribution >= 0.6 is 0 Å². The van der Waals surface area contributed by atoms with Crippen LogP contribution in [0.3, 0.4) is 0 Å². The molecule has 0 fully saturated rings. The van der Waals surface area contributed by atoms with Crippen molar-refractivity contribution in [3.63, 3.8) is 0 Å². The maximum Gasteiger partial charge on any atom is 0.125 e. The highest BCUT2D eigenvalue weighted by molar-refractivity contribution is 5.53. The fraction of sp³-hybridized carbons (Fsp3) is 0.600. The Morgan fingerprint density at radius 3 is 2.81 bits per heavy atom. The van der Waals surface area contributed by atoms with Gasteiger partial charge in [-0.15, -0.1) is 0 Å². The van der Waals surface area contributed by atoms with Crippen LogP contribution in [-0.2, 0) is 6.42 Å². The van der Waals surface area contributed by atoms with Crippen molar-refractivity contribution < 1.29 is 4.74 Å². The van der Waals surface area contributed by atoms with Crippen LogP contribution in [0.4, 0.5) is 0 Å². The molecule has 2 rings (SSSR count). The molecule has 0 radical (unpaired) electrons. The molecule has 0 aromatic heterocycles. The van der Waals surface area contributed by atoms with Gasteiger partial charge in [0.2, 0.25) is 0 Å². The zero-order valence-electron chi connectivity index (χ0n) is 10.7. The van der Waals surface area contributed by atoms with Gasteiger partial charge in [0.05, 0.1) is 6.61 Å². The number of hydrogen-bond donors (Lipinski definition) is 0. The van der Waals surface area contributed by atoms with Gasteiger partial charge in [-0.2, -0.15) is 0 Å². The van der Waals surface area contributed by atoms with Crippen LogP contribution in [0.15, 0.2) is 12.1 Å². The number of benzene rings is 1. The second kappa shape index (κ2) is 4.90. The lowest BCUT2D eigenvalue weighted by molar-refractivity contribution is 0.324. The molecular formula is C15H22O. The SMILES string of the molecule is CCCCC1Cc2ccc(C)c(OCC)c21. The van der Waals surface area contributed by atoms with Crippen molar-refractivity contribution in [2.24, 2.45) is 0 Å². The van der Waals surface area contributed by atoms with E-state index in [2.05, 4.69) is 32.9 Å². The van der Waals surface area contributed by atoms with Gasteiger partial charge < -0.3 is 4.74 Å². The topological polar surface area (TPSA) is 9.23 Å². The molecule has 88 valence electrons. The molecule has 1 unspecified atom stereocenters. The lowest BCUT2D eigenvalue weighted by atomic mass is 9.73. The first-order chi connectivity index (χ1) is 7.77. The van der Waals surface area contributed by atoms with Gasteiger partial charge in [-0.3, -0.25) is 0 Å². The third-order valence-corrected chi connectivity index (χ3v) is 3.55. The van der Waals surface area contributed by atoms with Gasteiger partial charge in [-0.25, -0.2) is 0 Å². The zero-order chi connectivity index (χ0) is 11.5. The van der Waals surface area contributed by atoms with E-state index >= 15 is 0 Å². The summed E-state index contributed by atoms with van der Waals surface area (Å²) in [6.07, 6.45) is 5.22. The fourth-order valence-corrected chi connectivity index (χ4v) is 2.64. The molecule has 0 amide bonds. The molecule has 1 aromatic rings. The van der Waals surface area contributed by atoms with Crippen molar-refractivity contribution in [3.05, 3.63) is 28.8 Å². The van der Waals surface area contributed by atoms with Gasteiger partial charge in [0.15, 0.2) is 0 Å². The van der Waals surface area contributed by atoms with E-state index in [1.165, 1.54) is 48.1 Å². The maximum atomic E-state index is 5.81. The van der Waals surface area contributed by atoms with Crippen LogP contribution in [0.5, 0.6) is 5.75 Å². The van der Waals surface area contributed by atoms with Crippen LogP contribution in [0.25, 0.3) is 0 Å². The Morgan fingerprint density at radius 1 is 1.31 bits per heavy atom. The van der Waals surface area contributed by atoms with E-state index < -0.39 is 0 Å². The highest BCUT2D eigenvalue weighted by Crippen LogP contribution is 2.45. The van der Waals surface area contributed by atoms with E-state index in [0.717, 1.165) is 12.5 Å². The second-order valence-corrected chi connectivity index (χ2v) is 4.76. The molecule has 0 aliphatic heterocycles. The summed E-state index contributed by atoms with van der Waals surface area (Å²) in [4.78, 5) is 0. The molecule has 0 spiro atoms. The molecule has 1 aliphatic rings.